The molecule has 4 N–H and O–H groups in total. The third-order valence-electron chi connectivity index (χ3n) is 3.60. The fourth-order valence-electron chi connectivity index (χ4n) is 2.70. The van der Waals surface area contributed by atoms with Crippen LogP contribution in [0.2, 0.25) is 0 Å². The molecule has 0 unspecified atom stereocenters. The lowest BCUT2D eigenvalue weighted by Crippen LogP contribution is -2.25. The van der Waals surface area contributed by atoms with E-state index in [0.717, 1.165) is 36.0 Å². The van der Waals surface area contributed by atoms with Crippen LogP contribution in [0.3, 0.4) is 0 Å². The molecule has 24 heavy (non-hydrogen) atoms. The zero-order valence-electron chi connectivity index (χ0n) is 13.5. The van der Waals surface area contributed by atoms with Crippen LogP contribution in [0, 0.1) is 16.7 Å². The van der Waals surface area contributed by atoms with Crippen molar-refractivity contribution in [1.82, 2.24) is 15.5 Å². The van der Waals surface area contributed by atoms with Crippen LogP contribution in [-0.2, 0) is 9.59 Å². The first-order valence-corrected chi connectivity index (χ1v) is 9.19. The first-order valence-electron chi connectivity index (χ1n) is 7.56. The summed E-state index contributed by atoms with van der Waals surface area (Å²) in [6.07, 6.45) is 3.50. The van der Waals surface area contributed by atoms with Gasteiger partial charge < -0.3 is 10.6 Å². The summed E-state index contributed by atoms with van der Waals surface area (Å²) in [5, 5.41) is 30.5. The fourth-order valence-corrected chi connectivity index (χ4v) is 4.39. The minimum atomic E-state index is -0.299. The van der Waals surface area contributed by atoms with Crippen molar-refractivity contribution in [2.75, 3.05) is 5.32 Å². The Kier molecular flexibility index (Phi) is 6.44. The van der Waals surface area contributed by atoms with Gasteiger partial charge in [0.05, 0.1) is 5.04 Å². The van der Waals surface area contributed by atoms with Crippen LogP contribution >= 0.6 is 23.1 Å². The van der Waals surface area contributed by atoms with Crippen LogP contribution in [-0.4, -0.2) is 32.2 Å². The molecule has 0 spiro atoms. The molecule has 1 saturated carbocycles. The van der Waals surface area contributed by atoms with E-state index in [1.807, 2.05) is 0 Å². The lowest BCUT2D eigenvalue weighted by Gasteiger charge is -2.11. The van der Waals surface area contributed by atoms with Gasteiger partial charge in [-0.05, 0) is 43.4 Å². The lowest BCUT2D eigenvalue weighted by atomic mass is 10.0. The lowest BCUT2D eigenvalue weighted by molar-refractivity contribution is -0.117. The maximum Gasteiger partial charge on any atom is 0.223 e. The van der Waals surface area contributed by atoms with Gasteiger partial charge in [0.25, 0.3) is 0 Å². The number of amidine groups is 1. The quantitative estimate of drug-likeness (QED) is 0.479. The summed E-state index contributed by atoms with van der Waals surface area (Å²) in [6, 6.07) is 0. The van der Waals surface area contributed by atoms with Crippen molar-refractivity contribution in [1.29, 1.82) is 10.8 Å². The number of anilines is 1. The molecule has 130 valence electrons. The van der Waals surface area contributed by atoms with E-state index in [2.05, 4.69) is 20.8 Å². The molecule has 1 aromatic rings. The summed E-state index contributed by atoms with van der Waals surface area (Å²) >= 11 is 2.39. The predicted molar refractivity (Wildman–Crippen MR) is 95.8 cm³/mol. The third-order valence-corrected chi connectivity index (χ3v) is 5.32. The molecule has 0 saturated heterocycles. The maximum absolute atomic E-state index is 11.0. The Balaban J connectivity index is 1.81. The van der Waals surface area contributed by atoms with Gasteiger partial charge in [-0.1, -0.05) is 11.3 Å². The van der Waals surface area contributed by atoms with E-state index in [0.29, 0.717) is 28.4 Å². The number of aromatic nitrogens is 2. The van der Waals surface area contributed by atoms with Crippen LogP contribution in [0.4, 0.5) is 5.13 Å². The molecule has 1 fully saturated rings. The Morgan fingerprint density at radius 3 is 2.67 bits per heavy atom. The van der Waals surface area contributed by atoms with Crippen LogP contribution in [0.1, 0.15) is 50.5 Å². The smallest absolute Gasteiger partial charge is 0.223 e. The maximum atomic E-state index is 11.0. The Morgan fingerprint density at radius 2 is 2.00 bits per heavy atom. The number of amides is 2. The van der Waals surface area contributed by atoms with E-state index in [4.69, 9.17) is 10.8 Å². The van der Waals surface area contributed by atoms with Crippen molar-refractivity contribution < 1.29 is 9.59 Å². The van der Waals surface area contributed by atoms with Crippen molar-refractivity contribution in [3.63, 3.8) is 0 Å². The van der Waals surface area contributed by atoms with E-state index in [9.17, 15) is 9.59 Å². The molecule has 0 aromatic carbocycles. The molecule has 8 nitrogen and oxygen atoms in total. The van der Waals surface area contributed by atoms with Gasteiger partial charge in [0.15, 0.2) is 5.17 Å². The normalized spacial score (nSPS) is 19.8. The van der Waals surface area contributed by atoms with Gasteiger partial charge in [-0.3, -0.25) is 20.4 Å². The molecule has 1 heterocycles. The molecule has 2 rings (SSSR count). The zero-order chi connectivity index (χ0) is 17.7. The molecular formula is C14H20N6O2S2. The fraction of sp³-hybridized carbons (Fsp3) is 0.571. The second-order valence-corrected chi connectivity index (χ2v) is 7.86. The largest absolute Gasteiger partial charge is 0.306 e. The second-order valence-electron chi connectivity index (χ2n) is 5.74. The Bertz CT molecular complexity index is 659. The van der Waals surface area contributed by atoms with E-state index in [-0.39, 0.29) is 17.0 Å². The van der Waals surface area contributed by atoms with Gasteiger partial charge in [-0.15, -0.1) is 10.2 Å². The minimum absolute atomic E-state index is 0.00822. The Hall–Kier alpha value is -1.81. The number of carbonyl (C=O) groups excluding carboxylic acids is 2. The number of hydrogen-bond acceptors (Lipinski definition) is 8. The van der Waals surface area contributed by atoms with Crippen LogP contribution in [0.5, 0.6) is 0 Å². The van der Waals surface area contributed by atoms with Crippen molar-refractivity contribution in [2.45, 2.75) is 45.4 Å². The van der Waals surface area contributed by atoms with Gasteiger partial charge >= 0.3 is 0 Å². The van der Waals surface area contributed by atoms with Crippen LogP contribution < -0.4 is 10.6 Å². The summed E-state index contributed by atoms with van der Waals surface area (Å²) in [7, 11) is 0. The number of hydrogen-bond donors (Lipinski definition) is 4. The number of rotatable bonds is 4. The van der Waals surface area contributed by atoms with Gasteiger partial charge in [0, 0.05) is 19.8 Å². The summed E-state index contributed by atoms with van der Waals surface area (Å²) in [6.45, 7) is 2.78. The Morgan fingerprint density at radius 1 is 1.25 bits per heavy atom. The summed E-state index contributed by atoms with van der Waals surface area (Å²) in [5.41, 5.74) is 0. The molecule has 0 radical (unpaired) electrons. The molecule has 0 bridgehead atoms. The zero-order valence-corrected chi connectivity index (χ0v) is 15.1. The van der Waals surface area contributed by atoms with E-state index >= 15 is 0 Å². The van der Waals surface area contributed by atoms with Crippen molar-refractivity contribution in [3.05, 3.63) is 5.01 Å². The number of carbonyl (C=O) groups is 2. The third kappa shape index (κ3) is 5.68. The number of thioether (sulfide) groups is 1. The summed E-state index contributed by atoms with van der Waals surface area (Å²) in [5.74, 6) is 0.220. The first-order chi connectivity index (χ1) is 11.3. The average molecular weight is 368 g/mol. The number of nitrogens with one attached hydrogen (secondary N) is 4. The van der Waals surface area contributed by atoms with Crippen molar-refractivity contribution in [2.24, 2.45) is 5.92 Å². The van der Waals surface area contributed by atoms with Gasteiger partial charge in [0.1, 0.15) is 5.01 Å². The first kappa shape index (κ1) is 18.5. The van der Waals surface area contributed by atoms with E-state index in [1.54, 1.807) is 0 Å². The number of nitrogens with zero attached hydrogens (tertiary/aromatic N) is 2. The monoisotopic (exact) mass is 368 g/mol. The molecular weight excluding hydrogens is 348 g/mol. The van der Waals surface area contributed by atoms with Gasteiger partial charge in [-0.2, -0.15) is 0 Å². The SMILES string of the molecule is CC(=O)NC(=N)SC(=N)C[C@H]1CC[C@@H](c2nnc(NC(C)=O)s2)C1. The molecule has 1 aliphatic rings. The molecule has 2 atom stereocenters. The average Bonchev–Trinajstić information content (AvgIpc) is 3.05. The van der Waals surface area contributed by atoms with Crippen LogP contribution in [0.15, 0.2) is 0 Å². The molecule has 1 aliphatic carbocycles. The summed E-state index contributed by atoms with van der Waals surface area (Å²) < 4.78 is 0. The predicted octanol–water partition coefficient (Wildman–Crippen LogP) is 2.55. The molecule has 2 amide bonds. The Labute approximate surface area is 148 Å². The molecule has 0 aliphatic heterocycles. The van der Waals surface area contributed by atoms with E-state index in [1.165, 1.54) is 25.2 Å². The van der Waals surface area contributed by atoms with Crippen molar-refractivity contribution >= 4 is 50.3 Å². The highest BCUT2D eigenvalue weighted by atomic mass is 32.2. The summed E-state index contributed by atoms with van der Waals surface area (Å²) in [4.78, 5) is 21.9. The standard InChI is InChI=1S/C14H20N6O2S2/c1-7(21)17-13(16)23-11(15)6-9-3-4-10(5-9)12-19-20-14(24-12)18-8(2)22/h9-10,15H,3-6H2,1-2H3,(H2,16,17,21)(H,18,20,22)/t9-,10+/m0/s1. The highest BCUT2D eigenvalue weighted by Gasteiger charge is 2.29. The highest BCUT2D eigenvalue weighted by Crippen LogP contribution is 2.41. The minimum Gasteiger partial charge on any atom is -0.306 e. The van der Waals surface area contributed by atoms with E-state index < -0.39 is 0 Å². The van der Waals surface area contributed by atoms with Gasteiger partial charge in [-0.25, -0.2) is 0 Å². The second kappa shape index (κ2) is 8.34. The van der Waals surface area contributed by atoms with Gasteiger partial charge in [0.2, 0.25) is 16.9 Å². The topological polar surface area (TPSA) is 132 Å². The molecule has 1 aromatic heterocycles. The highest BCUT2D eigenvalue weighted by molar-refractivity contribution is 8.26. The van der Waals surface area contributed by atoms with Crippen LogP contribution in [0.25, 0.3) is 0 Å². The molecule has 10 heteroatoms. The van der Waals surface area contributed by atoms with Crippen molar-refractivity contribution in [3.8, 4) is 0 Å².